The molecule has 0 radical (unpaired) electrons. The number of nitrogens with one attached hydrogen (secondary N) is 2. The number of hydrogen-bond acceptors (Lipinski definition) is 3. The van der Waals surface area contributed by atoms with Gasteiger partial charge in [-0.15, -0.1) is 0 Å². The SMILES string of the molecule is O=C(CC(F)(F)F)NCc1ccc(NC[C@](O)(c2cc(Cl)c(Cl)c(Cl)c2)C(F)(F)F)cc1Cl. The topological polar surface area (TPSA) is 61.4 Å². The second-order valence-corrected chi connectivity index (χ2v) is 8.44. The number of carbonyl (C=O) groups excluding carboxylic acids is 1. The van der Waals surface area contributed by atoms with Gasteiger partial charge in [0.1, 0.15) is 6.42 Å². The third-order valence-corrected chi connectivity index (χ3v) is 5.92. The quantitative estimate of drug-likeness (QED) is 0.261. The highest BCUT2D eigenvalue weighted by atomic mass is 35.5. The van der Waals surface area contributed by atoms with Gasteiger partial charge in [-0.25, -0.2) is 0 Å². The van der Waals surface area contributed by atoms with Crippen LogP contribution in [0.4, 0.5) is 32.0 Å². The number of rotatable bonds is 7. The minimum atomic E-state index is -5.15. The Hall–Kier alpha value is -1.59. The van der Waals surface area contributed by atoms with Gasteiger partial charge < -0.3 is 15.7 Å². The molecule has 0 bridgehead atoms. The van der Waals surface area contributed by atoms with Crippen LogP contribution in [-0.4, -0.2) is 29.9 Å². The lowest BCUT2D eigenvalue weighted by molar-refractivity contribution is -0.260. The lowest BCUT2D eigenvalue weighted by Crippen LogP contribution is -2.47. The largest absolute Gasteiger partial charge is 0.423 e. The fourth-order valence-corrected chi connectivity index (χ4v) is 3.47. The molecule has 1 atom stereocenters. The number of benzene rings is 2. The molecule has 0 aromatic heterocycles. The molecule has 3 N–H and O–H groups in total. The molecule has 2 aromatic carbocycles. The van der Waals surface area contributed by atoms with Crippen molar-refractivity contribution in [3.8, 4) is 0 Å². The minimum absolute atomic E-state index is 0.0413. The van der Waals surface area contributed by atoms with E-state index in [2.05, 4.69) is 5.32 Å². The minimum Gasteiger partial charge on any atom is -0.381 e. The zero-order valence-electron chi connectivity index (χ0n) is 16.1. The van der Waals surface area contributed by atoms with Crippen LogP contribution in [0.15, 0.2) is 30.3 Å². The Morgan fingerprint density at radius 1 is 0.909 bits per heavy atom. The molecule has 2 rings (SSSR count). The van der Waals surface area contributed by atoms with Gasteiger partial charge in [0.2, 0.25) is 11.5 Å². The standard InChI is InChI=1S/C19H14Cl4F6N2O2/c20-12-5-11(2-1-9(12)7-30-15(32)6-18(24,25)26)31-8-17(33,19(27,28)29)10-3-13(21)16(23)14(22)4-10/h1-5,31,33H,6-8H2,(H,30,32)/t17-/m0/s1. The molecule has 1 amide bonds. The van der Waals surface area contributed by atoms with E-state index in [9.17, 15) is 36.2 Å². The van der Waals surface area contributed by atoms with E-state index in [4.69, 9.17) is 46.4 Å². The lowest BCUT2D eigenvalue weighted by atomic mass is 9.92. The maximum atomic E-state index is 13.7. The normalized spacial score (nSPS) is 14.0. The summed E-state index contributed by atoms with van der Waals surface area (Å²) in [5, 5.41) is 14.1. The molecule has 182 valence electrons. The average molecular weight is 558 g/mol. The van der Waals surface area contributed by atoms with Crippen LogP contribution in [0, 0.1) is 0 Å². The predicted molar refractivity (Wildman–Crippen MR) is 114 cm³/mol. The Morgan fingerprint density at radius 2 is 1.48 bits per heavy atom. The molecule has 0 heterocycles. The van der Waals surface area contributed by atoms with Crippen LogP contribution in [0.3, 0.4) is 0 Å². The highest BCUT2D eigenvalue weighted by molar-refractivity contribution is 6.48. The fraction of sp³-hybridized carbons (Fsp3) is 0.316. The van der Waals surface area contributed by atoms with E-state index in [0.717, 1.165) is 12.1 Å². The van der Waals surface area contributed by atoms with E-state index in [1.54, 1.807) is 0 Å². The molecule has 0 aliphatic carbocycles. The maximum absolute atomic E-state index is 13.7. The molecule has 14 heteroatoms. The molecule has 0 fully saturated rings. The molecule has 4 nitrogen and oxygen atoms in total. The van der Waals surface area contributed by atoms with Gasteiger partial charge in [0, 0.05) is 17.3 Å². The third kappa shape index (κ3) is 7.19. The maximum Gasteiger partial charge on any atom is 0.423 e. The van der Waals surface area contributed by atoms with E-state index < -0.39 is 42.4 Å². The zero-order chi connectivity index (χ0) is 25.2. The number of alkyl halides is 6. The first kappa shape index (κ1) is 27.7. The summed E-state index contributed by atoms with van der Waals surface area (Å²) >= 11 is 23.4. The first-order valence-electron chi connectivity index (χ1n) is 8.83. The summed E-state index contributed by atoms with van der Waals surface area (Å²) in [5.41, 5.74) is -3.79. The Morgan fingerprint density at radius 3 is 1.97 bits per heavy atom. The van der Waals surface area contributed by atoms with Gasteiger partial charge in [-0.1, -0.05) is 52.5 Å². The highest BCUT2D eigenvalue weighted by Crippen LogP contribution is 2.43. The number of amides is 1. The van der Waals surface area contributed by atoms with Crippen LogP contribution in [0.25, 0.3) is 0 Å². The van der Waals surface area contributed by atoms with Crippen molar-refractivity contribution in [1.29, 1.82) is 0 Å². The molecule has 0 aliphatic heterocycles. The van der Waals surface area contributed by atoms with Crippen molar-refractivity contribution in [3.63, 3.8) is 0 Å². The summed E-state index contributed by atoms with van der Waals surface area (Å²) in [6.45, 7) is -1.40. The van der Waals surface area contributed by atoms with Crippen molar-refractivity contribution in [2.45, 2.75) is 30.9 Å². The molecule has 2 aromatic rings. The first-order valence-corrected chi connectivity index (χ1v) is 10.3. The predicted octanol–water partition coefficient (Wildman–Crippen LogP) is 6.73. The van der Waals surface area contributed by atoms with Crippen molar-refractivity contribution in [2.75, 3.05) is 11.9 Å². The van der Waals surface area contributed by atoms with Crippen molar-refractivity contribution >= 4 is 58.0 Å². The van der Waals surface area contributed by atoms with E-state index in [-0.39, 0.29) is 37.9 Å². The van der Waals surface area contributed by atoms with Crippen LogP contribution in [0.5, 0.6) is 0 Å². The van der Waals surface area contributed by atoms with Gasteiger partial charge in [-0.3, -0.25) is 4.79 Å². The zero-order valence-corrected chi connectivity index (χ0v) is 19.2. The number of carbonyl (C=O) groups is 1. The van der Waals surface area contributed by atoms with Crippen molar-refractivity contribution < 1.29 is 36.2 Å². The smallest absolute Gasteiger partial charge is 0.381 e. The summed E-state index contributed by atoms with van der Waals surface area (Å²) in [7, 11) is 0. The third-order valence-electron chi connectivity index (χ3n) is 4.37. The molecule has 0 saturated heterocycles. The number of anilines is 1. The van der Waals surface area contributed by atoms with Crippen LogP contribution >= 0.6 is 46.4 Å². The van der Waals surface area contributed by atoms with Gasteiger partial charge in [-0.05, 0) is 35.4 Å². The van der Waals surface area contributed by atoms with E-state index >= 15 is 0 Å². The molecular weight excluding hydrogens is 544 g/mol. The van der Waals surface area contributed by atoms with Gasteiger partial charge >= 0.3 is 12.4 Å². The molecule has 0 unspecified atom stereocenters. The monoisotopic (exact) mass is 556 g/mol. The van der Waals surface area contributed by atoms with Gasteiger partial charge in [-0.2, -0.15) is 26.3 Å². The van der Waals surface area contributed by atoms with Crippen LogP contribution < -0.4 is 10.6 Å². The molecule has 33 heavy (non-hydrogen) atoms. The van der Waals surface area contributed by atoms with Crippen molar-refractivity contribution in [1.82, 2.24) is 5.32 Å². The van der Waals surface area contributed by atoms with Gasteiger partial charge in [0.25, 0.3) is 0 Å². The summed E-state index contributed by atoms with van der Waals surface area (Å²) in [6.07, 6.45) is -11.5. The van der Waals surface area contributed by atoms with E-state index in [0.29, 0.717) is 0 Å². The van der Waals surface area contributed by atoms with Gasteiger partial charge in [0.15, 0.2) is 0 Å². The lowest BCUT2D eigenvalue weighted by Gasteiger charge is -2.32. The van der Waals surface area contributed by atoms with Crippen molar-refractivity contribution in [3.05, 3.63) is 61.5 Å². The van der Waals surface area contributed by atoms with E-state index in [1.807, 2.05) is 5.32 Å². The first-order chi connectivity index (χ1) is 15.0. The highest BCUT2D eigenvalue weighted by Gasteiger charge is 2.55. The summed E-state index contributed by atoms with van der Waals surface area (Å²) < 4.78 is 77.8. The molecule has 0 spiro atoms. The second kappa shape index (κ2) is 10.4. The second-order valence-electron chi connectivity index (χ2n) is 6.84. The fourth-order valence-electron chi connectivity index (χ4n) is 2.63. The van der Waals surface area contributed by atoms with E-state index in [1.165, 1.54) is 18.2 Å². The Bertz CT molecular complexity index is 1010. The Labute approximate surface area is 203 Å². The summed E-state index contributed by atoms with van der Waals surface area (Å²) in [6, 6.07) is 5.43. The summed E-state index contributed by atoms with van der Waals surface area (Å²) in [5.74, 6) is -1.27. The van der Waals surface area contributed by atoms with Crippen LogP contribution in [0.2, 0.25) is 20.1 Å². The van der Waals surface area contributed by atoms with Crippen molar-refractivity contribution in [2.24, 2.45) is 0 Å². The Kier molecular flexibility index (Phi) is 8.67. The number of aliphatic hydroxyl groups is 1. The van der Waals surface area contributed by atoms with Gasteiger partial charge in [0.05, 0.1) is 21.6 Å². The molecule has 0 aliphatic rings. The summed E-state index contributed by atoms with van der Waals surface area (Å²) in [4.78, 5) is 11.3. The number of hydrogen-bond donors (Lipinski definition) is 3. The molecule has 0 saturated carbocycles. The average Bonchev–Trinajstić information content (AvgIpc) is 2.66. The van der Waals surface area contributed by atoms with Crippen LogP contribution in [-0.2, 0) is 16.9 Å². The number of halogens is 10. The van der Waals surface area contributed by atoms with Crippen LogP contribution in [0.1, 0.15) is 17.5 Å². The molecular formula is C19H14Cl4F6N2O2. The Balaban J connectivity index is 2.17.